The van der Waals surface area contributed by atoms with Crippen LogP contribution in [0.25, 0.3) is 0 Å². The highest BCUT2D eigenvalue weighted by Gasteiger charge is 2.18. The summed E-state index contributed by atoms with van der Waals surface area (Å²) in [6.07, 6.45) is -0.335. The number of rotatable bonds is 1. The first kappa shape index (κ1) is 7.36. The zero-order valence-corrected chi connectivity index (χ0v) is 6.99. The number of hydrogen-bond acceptors (Lipinski definition) is 3. The SMILES string of the molecule is S=C1N=NC(c2ccccc2)O1. The highest BCUT2D eigenvalue weighted by Crippen LogP contribution is 2.24. The minimum atomic E-state index is -0.335. The summed E-state index contributed by atoms with van der Waals surface area (Å²) in [5.74, 6) is 0. The van der Waals surface area contributed by atoms with E-state index in [0.717, 1.165) is 5.56 Å². The van der Waals surface area contributed by atoms with Crippen LogP contribution in [-0.2, 0) is 4.74 Å². The summed E-state index contributed by atoms with van der Waals surface area (Å²) in [6, 6.07) is 9.65. The van der Waals surface area contributed by atoms with Gasteiger partial charge in [-0.1, -0.05) is 30.3 Å². The van der Waals surface area contributed by atoms with Gasteiger partial charge in [-0.2, -0.15) is 0 Å². The van der Waals surface area contributed by atoms with Crippen molar-refractivity contribution in [2.24, 2.45) is 10.2 Å². The molecule has 12 heavy (non-hydrogen) atoms. The number of ether oxygens (including phenoxy) is 1. The lowest BCUT2D eigenvalue weighted by Gasteiger charge is -2.04. The maximum atomic E-state index is 5.15. The molecule has 0 N–H and O–H groups in total. The Kier molecular flexibility index (Phi) is 1.83. The summed E-state index contributed by atoms with van der Waals surface area (Å²) in [5.41, 5.74) is 0.973. The number of nitrogens with zero attached hydrogens (tertiary/aromatic N) is 2. The molecule has 0 amide bonds. The first-order chi connectivity index (χ1) is 5.86. The standard InChI is InChI=1S/C8H6N2OS/c12-8-10-9-7(11-8)6-4-2-1-3-5-6/h1-5,7H. The second kappa shape index (κ2) is 2.98. The predicted molar refractivity (Wildman–Crippen MR) is 47.7 cm³/mol. The van der Waals surface area contributed by atoms with Gasteiger partial charge in [0, 0.05) is 5.56 Å². The average Bonchev–Trinajstić information content (AvgIpc) is 2.54. The van der Waals surface area contributed by atoms with Crippen molar-refractivity contribution >= 4 is 17.4 Å². The summed E-state index contributed by atoms with van der Waals surface area (Å²) < 4.78 is 5.15. The van der Waals surface area contributed by atoms with E-state index in [1.807, 2.05) is 30.3 Å². The van der Waals surface area contributed by atoms with E-state index in [2.05, 4.69) is 10.2 Å². The molecule has 0 aliphatic carbocycles. The monoisotopic (exact) mass is 178 g/mol. The lowest BCUT2D eigenvalue weighted by molar-refractivity contribution is 0.227. The van der Waals surface area contributed by atoms with Crippen molar-refractivity contribution in [3.63, 3.8) is 0 Å². The first-order valence-electron chi connectivity index (χ1n) is 3.53. The Morgan fingerprint density at radius 3 is 2.58 bits per heavy atom. The van der Waals surface area contributed by atoms with Crippen LogP contribution in [0.4, 0.5) is 0 Å². The van der Waals surface area contributed by atoms with Crippen molar-refractivity contribution in [3.8, 4) is 0 Å². The van der Waals surface area contributed by atoms with Crippen LogP contribution in [0, 0.1) is 0 Å². The molecule has 0 fully saturated rings. The molecule has 60 valence electrons. The van der Waals surface area contributed by atoms with Gasteiger partial charge in [-0.05, 0) is 12.2 Å². The molecule has 1 heterocycles. The van der Waals surface area contributed by atoms with E-state index in [4.69, 9.17) is 17.0 Å². The number of azo groups is 1. The normalized spacial score (nSPS) is 21.0. The Labute approximate surface area is 75.1 Å². The largest absolute Gasteiger partial charge is 0.436 e. The molecule has 1 atom stereocenters. The van der Waals surface area contributed by atoms with Crippen LogP contribution in [0.3, 0.4) is 0 Å². The topological polar surface area (TPSA) is 34.0 Å². The average molecular weight is 178 g/mol. The van der Waals surface area contributed by atoms with Crippen molar-refractivity contribution in [1.29, 1.82) is 0 Å². The molecule has 0 bridgehead atoms. The molecule has 1 aliphatic rings. The van der Waals surface area contributed by atoms with Crippen LogP contribution in [0.5, 0.6) is 0 Å². The highest BCUT2D eigenvalue weighted by molar-refractivity contribution is 7.80. The van der Waals surface area contributed by atoms with E-state index in [-0.39, 0.29) is 11.4 Å². The minimum absolute atomic E-state index is 0.212. The van der Waals surface area contributed by atoms with Crippen LogP contribution < -0.4 is 0 Å². The van der Waals surface area contributed by atoms with Gasteiger partial charge < -0.3 is 4.74 Å². The van der Waals surface area contributed by atoms with E-state index in [1.54, 1.807) is 0 Å². The van der Waals surface area contributed by atoms with E-state index >= 15 is 0 Å². The van der Waals surface area contributed by atoms with Crippen LogP contribution in [0.2, 0.25) is 0 Å². The van der Waals surface area contributed by atoms with Gasteiger partial charge in [0.1, 0.15) is 0 Å². The quantitative estimate of drug-likeness (QED) is 0.619. The lowest BCUT2D eigenvalue weighted by atomic mass is 10.2. The van der Waals surface area contributed by atoms with Crippen molar-refractivity contribution in [2.45, 2.75) is 6.23 Å². The second-order valence-electron chi connectivity index (χ2n) is 2.36. The van der Waals surface area contributed by atoms with E-state index in [9.17, 15) is 0 Å². The summed E-state index contributed by atoms with van der Waals surface area (Å²) in [5, 5.41) is 7.69. The first-order valence-corrected chi connectivity index (χ1v) is 3.93. The van der Waals surface area contributed by atoms with Gasteiger partial charge >= 0.3 is 5.17 Å². The van der Waals surface area contributed by atoms with Gasteiger partial charge in [-0.25, -0.2) is 0 Å². The zero-order valence-electron chi connectivity index (χ0n) is 6.18. The van der Waals surface area contributed by atoms with Crippen molar-refractivity contribution in [1.82, 2.24) is 0 Å². The molecule has 2 rings (SSSR count). The highest BCUT2D eigenvalue weighted by atomic mass is 32.1. The maximum Gasteiger partial charge on any atom is 0.304 e. The molecule has 1 aromatic carbocycles. The molecule has 1 aliphatic heterocycles. The summed E-state index contributed by atoms with van der Waals surface area (Å²) in [7, 11) is 0. The molecule has 0 radical (unpaired) electrons. The second-order valence-corrected chi connectivity index (χ2v) is 2.71. The number of thiocarbonyl (C=S) groups is 1. The Hall–Kier alpha value is -1.29. The minimum Gasteiger partial charge on any atom is -0.436 e. The zero-order chi connectivity index (χ0) is 8.39. The third-order valence-electron chi connectivity index (χ3n) is 1.54. The van der Waals surface area contributed by atoms with Gasteiger partial charge in [-0.15, -0.1) is 10.2 Å². The Balaban J connectivity index is 2.23. The van der Waals surface area contributed by atoms with Gasteiger partial charge in [0.25, 0.3) is 0 Å². The summed E-state index contributed by atoms with van der Waals surface area (Å²) >= 11 is 4.71. The smallest absolute Gasteiger partial charge is 0.304 e. The van der Waals surface area contributed by atoms with Gasteiger partial charge in [0.2, 0.25) is 6.23 Å². The number of hydrogen-bond donors (Lipinski definition) is 0. The fourth-order valence-electron chi connectivity index (χ4n) is 0.995. The fraction of sp³-hybridized carbons (Fsp3) is 0.125. The molecule has 0 saturated heterocycles. The molecule has 1 unspecified atom stereocenters. The van der Waals surface area contributed by atoms with Crippen LogP contribution in [0.1, 0.15) is 11.8 Å². The van der Waals surface area contributed by atoms with Gasteiger partial charge in [-0.3, -0.25) is 0 Å². The predicted octanol–water partition coefficient (Wildman–Crippen LogP) is 2.45. The maximum absolute atomic E-state index is 5.15. The van der Waals surface area contributed by atoms with Crippen molar-refractivity contribution < 1.29 is 4.74 Å². The fourth-order valence-corrected chi connectivity index (χ4v) is 1.13. The lowest BCUT2D eigenvalue weighted by Crippen LogP contribution is -1.97. The molecule has 3 nitrogen and oxygen atoms in total. The van der Waals surface area contributed by atoms with Gasteiger partial charge in [0.05, 0.1) is 0 Å². The molecule has 4 heteroatoms. The van der Waals surface area contributed by atoms with Crippen molar-refractivity contribution in [2.75, 3.05) is 0 Å². The number of benzene rings is 1. The van der Waals surface area contributed by atoms with Crippen LogP contribution in [-0.4, -0.2) is 5.17 Å². The molecule has 1 aromatic rings. The molecular formula is C8H6N2OS. The molecule has 0 saturated carbocycles. The van der Waals surface area contributed by atoms with Crippen LogP contribution in [0.15, 0.2) is 40.6 Å². The van der Waals surface area contributed by atoms with Crippen LogP contribution >= 0.6 is 12.2 Å². The summed E-state index contributed by atoms with van der Waals surface area (Å²) in [6.45, 7) is 0. The van der Waals surface area contributed by atoms with Gasteiger partial charge in [0.15, 0.2) is 0 Å². The van der Waals surface area contributed by atoms with Crippen molar-refractivity contribution in [3.05, 3.63) is 35.9 Å². The third kappa shape index (κ3) is 1.33. The Morgan fingerprint density at radius 2 is 2.00 bits per heavy atom. The Morgan fingerprint density at radius 1 is 1.25 bits per heavy atom. The van der Waals surface area contributed by atoms with E-state index in [1.165, 1.54) is 0 Å². The Bertz CT molecular complexity index is 323. The summed E-state index contributed by atoms with van der Waals surface area (Å²) in [4.78, 5) is 0. The van der Waals surface area contributed by atoms with E-state index in [0.29, 0.717) is 0 Å². The third-order valence-corrected chi connectivity index (χ3v) is 1.72. The molecule has 0 spiro atoms. The molecule has 0 aromatic heterocycles. The van der Waals surface area contributed by atoms with E-state index < -0.39 is 0 Å². The molecular weight excluding hydrogens is 172 g/mol.